The molecule has 22 heavy (non-hydrogen) atoms. The fourth-order valence-electron chi connectivity index (χ4n) is 2.56. The van der Waals surface area contributed by atoms with Crippen LogP contribution in [-0.4, -0.2) is 53.8 Å². The number of ether oxygens (including phenoxy) is 3. The van der Waals surface area contributed by atoms with Gasteiger partial charge in [0.25, 0.3) is 5.56 Å². The molecule has 1 unspecified atom stereocenters. The van der Waals surface area contributed by atoms with Gasteiger partial charge in [-0.2, -0.15) is 0 Å². The van der Waals surface area contributed by atoms with Gasteiger partial charge in [0, 0.05) is 24.8 Å². The van der Waals surface area contributed by atoms with Crippen LogP contribution in [-0.2, 0) is 14.2 Å². The summed E-state index contributed by atoms with van der Waals surface area (Å²) in [4.78, 5) is 25.8. The Kier molecular flexibility index (Phi) is 5.52. The van der Waals surface area contributed by atoms with Crippen molar-refractivity contribution in [2.45, 2.75) is 32.3 Å². The van der Waals surface area contributed by atoms with Crippen molar-refractivity contribution in [2.75, 3.05) is 26.9 Å². The number of hydrogen-bond acceptors (Lipinski definition) is 6. The Morgan fingerprint density at radius 3 is 2.77 bits per heavy atom. The summed E-state index contributed by atoms with van der Waals surface area (Å²) >= 11 is 0. The average molecular weight is 314 g/mol. The number of hydrogen-bond donors (Lipinski definition) is 2. The average Bonchev–Trinajstić information content (AvgIpc) is 2.80. The molecule has 1 saturated heterocycles. The number of aliphatic hydroxyl groups excluding tert-OH is 1. The minimum Gasteiger partial charge on any atom is -0.394 e. The van der Waals surface area contributed by atoms with Gasteiger partial charge in [0.1, 0.15) is 6.10 Å². The van der Waals surface area contributed by atoms with Crippen molar-refractivity contribution >= 4 is 0 Å². The predicted molar refractivity (Wildman–Crippen MR) is 77.8 cm³/mol. The lowest BCUT2D eigenvalue weighted by Gasteiger charge is -2.23. The number of aliphatic hydroxyl groups is 1. The Balaban J connectivity index is 2.31. The summed E-state index contributed by atoms with van der Waals surface area (Å²) in [5.74, 6) is -0.106. The number of rotatable bonds is 6. The number of methoxy groups -OCH3 is 1. The Morgan fingerprint density at radius 2 is 2.14 bits per heavy atom. The molecule has 1 aliphatic heterocycles. The summed E-state index contributed by atoms with van der Waals surface area (Å²) in [6.07, 6.45) is -0.107. The van der Waals surface area contributed by atoms with Gasteiger partial charge in [0.2, 0.25) is 0 Å². The van der Waals surface area contributed by atoms with Gasteiger partial charge < -0.3 is 19.3 Å². The van der Waals surface area contributed by atoms with Crippen LogP contribution < -0.4 is 11.2 Å². The van der Waals surface area contributed by atoms with Crippen LogP contribution in [0.1, 0.15) is 18.7 Å². The fourth-order valence-corrected chi connectivity index (χ4v) is 2.56. The van der Waals surface area contributed by atoms with E-state index in [4.69, 9.17) is 14.2 Å². The van der Waals surface area contributed by atoms with Crippen LogP contribution >= 0.6 is 0 Å². The maximum absolute atomic E-state index is 12.0. The van der Waals surface area contributed by atoms with E-state index in [-0.39, 0.29) is 12.5 Å². The van der Waals surface area contributed by atoms with Crippen LogP contribution in [0.25, 0.3) is 0 Å². The minimum absolute atomic E-state index is 0.106. The van der Waals surface area contributed by atoms with Gasteiger partial charge in [-0.1, -0.05) is 6.92 Å². The first-order valence-corrected chi connectivity index (χ1v) is 7.18. The molecule has 0 aromatic carbocycles. The Labute approximate surface area is 127 Å². The molecule has 8 heteroatoms. The zero-order valence-electron chi connectivity index (χ0n) is 12.9. The van der Waals surface area contributed by atoms with Crippen molar-refractivity contribution < 1.29 is 19.3 Å². The molecule has 0 amide bonds. The van der Waals surface area contributed by atoms with Crippen LogP contribution in [0.2, 0.25) is 0 Å². The van der Waals surface area contributed by atoms with Crippen LogP contribution in [0.4, 0.5) is 0 Å². The molecule has 8 nitrogen and oxygen atoms in total. The highest BCUT2D eigenvalue weighted by Crippen LogP contribution is 2.35. The van der Waals surface area contributed by atoms with Crippen molar-refractivity contribution in [3.63, 3.8) is 0 Å². The Morgan fingerprint density at radius 1 is 1.41 bits per heavy atom. The maximum atomic E-state index is 12.0. The van der Waals surface area contributed by atoms with Crippen molar-refractivity contribution in [3.8, 4) is 0 Å². The molecule has 2 heterocycles. The second-order valence-corrected chi connectivity index (χ2v) is 5.41. The standard InChI is InChI=1S/C14H22N2O6/c1-8-6-16(14(19)15-12(8)18)13-11(21-5-4-20-3)9(2)10(7-17)22-13/h6,9-11,13,17H,4-5,7H2,1-3H3,(H,15,18,19)/t9-,10-,11-,13?/m1/s1. The number of aromatic nitrogens is 2. The van der Waals surface area contributed by atoms with Crippen LogP contribution in [0.5, 0.6) is 0 Å². The number of H-pyrrole nitrogens is 1. The second kappa shape index (κ2) is 7.19. The monoisotopic (exact) mass is 314 g/mol. The summed E-state index contributed by atoms with van der Waals surface area (Å²) in [6.45, 7) is 4.10. The molecular formula is C14H22N2O6. The van der Waals surface area contributed by atoms with Crippen molar-refractivity contribution in [1.82, 2.24) is 9.55 Å². The zero-order chi connectivity index (χ0) is 16.3. The highest BCUT2D eigenvalue weighted by atomic mass is 16.6. The van der Waals surface area contributed by atoms with Crippen molar-refractivity contribution in [2.24, 2.45) is 5.92 Å². The molecule has 1 fully saturated rings. The van der Waals surface area contributed by atoms with Gasteiger partial charge in [-0.25, -0.2) is 4.79 Å². The van der Waals surface area contributed by atoms with E-state index in [0.29, 0.717) is 18.8 Å². The first-order chi connectivity index (χ1) is 10.5. The molecule has 1 aromatic heterocycles. The Hall–Kier alpha value is -1.48. The first kappa shape index (κ1) is 16.9. The summed E-state index contributed by atoms with van der Waals surface area (Å²) < 4.78 is 17.8. The van der Waals surface area contributed by atoms with E-state index in [2.05, 4.69) is 4.98 Å². The van der Waals surface area contributed by atoms with E-state index in [9.17, 15) is 14.7 Å². The lowest BCUT2D eigenvalue weighted by Crippen LogP contribution is -2.38. The fraction of sp³-hybridized carbons (Fsp3) is 0.714. The molecule has 0 saturated carbocycles. The van der Waals surface area contributed by atoms with E-state index in [1.165, 1.54) is 10.8 Å². The van der Waals surface area contributed by atoms with Crippen LogP contribution in [0.15, 0.2) is 15.8 Å². The minimum atomic E-state index is -0.702. The maximum Gasteiger partial charge on any atom is 0.330 e. The highest BCUT2D eigenvalue weighted by Gasteiger charge is 2.43. The lowest BCUT2D eigenvalue weighted by molar-refractivity contribution is -0.0794. The summed E-state index contributed by atoms with van der Waals surface area (Å²) in [6, 6.07) is 0. The van der Waals surface area contributed by atoms with Crippen LogP contribution in [0.3, 0.4) is 0 Å². The second-order valence-electron chi connectivity index (χ2n) is 5.41. The third-order valence-electron chi connectivity index (χ3n) is 3.90. The van der Waals surface area contributed by atoms with E-state index < -0.39 is 29.7 Å². The van der Waals surface area contributed by atoms with E-state index in [0.717, 1.165) is 0 Å². The molecular weight excluding hydrogens is 292 g/mol. The van der Waals surface area contributed by atoms with Gasteiger partial charge in [-0.3, -0.25) is 14.3 Å². The number of nitrogens with one attached hydrogen (secondary N) is 1. The number of aryl methyl sites for hydroxylation is 1. The molecule has 0 radical (unpaired) electrons. The molecule has 2 rings (SSSR count). The predicted octanol–water partition coefficient (Wildman–Crippen LogP) is -0.598. The molecule has 1 aromatic rings. The quantitative estimate of drug-likeness (QED) is 0.680. The molecule has 2 N–H and O–H groups in total. The number of nitrogens with zero attached hydrogens (tertiary/aromatic N) is 1. The summed E-state index contributed by atoms with van der Waals surface area (Å²) in [5, 5.41) is 9.41. The van der Waals surface area contributed by atoms with Gasteiger partial charge in [0.05, 0.1) is 25.9 Å². The molecule has 4 atom stereocenters. The largest absolute Gasteiger partial charge is 0.394 e. The molecule has 0 aliphatic carbocycles. The van der Waals surface area contributed by atoms with Crippen molar-refractivity contribution in [1.29, 1.82) is 0 Å². The van der Waals surface area contributed by atoms with E-state index in [1.54, 1.807) is 14.0 Å². The molecule has 0 bridgehead atoms. The number of aromatic amines is 1. The smallest absolute Gasteiger partial charge is 0.330 e. The van der Waals surface area contributed by atoms with E-state index in [1.807, 2.05) is 6.92 Å². The summed E-state index contributed by atoms with van der Waals surface area (Å²) in [7, 11) is 1.57. The van der Waals surface area contributed by atoms with Crippen molar-refractivity contribution in [3.05, 3.63) is 32.6 Å². The SMILES string of the molecule is COCCO[C@H]1C(n2cc(C)c(=O)[nH]c2=O)O[C@H](CO)[C@H]1C. The topological polar surface area (TPSA) is 103 Å². The van der Waals surface area contributed by atoms with Crippen LogP contribution in [0, 0.1) is 12.8 Å². The van der Waals surface area contributed by atoms with Gasteiger partial charge in [0.15, 0.2) is 6.23 Å². The third-order valence-corrected chi connectivity index (χ3v) is 3.90. The molecule has 0 spiro atoms. The van der Waals surface area contributed by atoms with Gasteiger partial charge >= 0.3 is 5.69 Å². The third kappa shape index (κ3) is 3.30. The van der Waals surface area contributed by atoms with E-state index >= 15 is 0 Å². The van der Waals surface area contributed by atoms with Gasteiger partial charge in [-0.05, 0) is 6.92 Å². The zero-order valence-corrected chi connectivity index (χ0v) is 12.9. The lowest BCUT2D eigenvalue weighted by atomic mass is 10.0. The summed E-state index contributed by atoms with van der Waals surface area (Å²) in [5.41, 5.74) is -0.589. The highest BCUT2D eigenvalue weighted by molar-refractivity contribution is 5.03. The van der Waals surface area contributed by atoms with Gasteiger partial charge in [-0.15, -0.1) is 0 Å². The first-order valence-electron chi connectivity index (χ1n) is 7.18. The Bertz CT molecular complexity index is 610. The normalized spacial score (nSPS) is 28.2. The molecule has 1 aliphatic rings. The molecule has 124 valence electrons.